The summed E-state index contributed by atoms with van der Waals surface area (Å²) in [5, 5.41) is 7.45. The highest BCUT2D eigenvalue weighted by atomic mass is 16.2. The highest BCUT2D eigenvalue weighted by Crippen LogP contribution is 2.25. The van der Waals surface area contributed by atoms with Crippen LogP contribution >= 0.6 is 0 Å². The van der Waals surface area contributed by atoms with E-state index in [0.717, 1.165) is 0 Å². The fourth-order valence-corrected chi connectivity index (χ4v) is 3.00. The molecule has 12 heteroatoms. The van der Waals surface area contributed by atoms with Gasteiger partial charge in [0.15, 0.2) is 0 Å². The summed E-state index contributed by atoms with van der Waals surface area (Å²) in [6.07, 6.45) is 1.98. The summed E-state index contributed by atoms with van der Waals surface area (Å²) in [5.74, 6) is -2.32. The summed E-state index contributed by atoms with van der Waals surface area (Å²) in [5.41, 5.74) is 12.2. The molecule has 12 nitrogen and oxygen atoms in total. The van der Waals surface area contributed by atoms with E-state index >= 15 is 0 Å². The predicted molar refractivity (Wildman–Crippen MR) is 87.3 cm³/mol. The van der Waals surface area contributed by atoms with Crippen LogP contribution in [0.4, 0.5) is 4.79 Å². The molecule has 0 aromatic heterocycles. The molecule has 25 heavy (non-hydrogen) atoms. The van der Waals surface area contributed by atoms with Gasteiger partial charge in [0, 0.05) is 33.0 Å². The van der Waals surface area contributed by atoms with Crippen LogP contribution in [0.25, 0.3) is 0 Å². The first-order chi connectivity index (χ1) is 11.9. The quantitative estimate of drug-likeness (QED) is 0.435. The molecule has 0 aromatic carbocycles. The number of carbonyl (C=O) groups is 3. The molecule has 0 spiro atoms. The number of guanidine groups is 2. The monoisotopic (exact) mass is 351 g/mol. The number of nitrogens with zero attached hydrogens (tertiary/aromatic N) is 5. The van der Waals surface area contributed by atoms with Gasteiger partial charge in [-0.05, 0) is 12.8 Å². The number of nitrogens with two attached hydrogens (primary N) is 2. The van der Waals surface area contributed by atoms with E-state index in [-0.39, 0.29) is 23.7 Å². The van der Waals surface area contributed by atoms with E-state index in [9.17, 15) is 14.4 Å². The minimum absolute atomic E-state index is 0.0655. The van der Waals surface area contributed by atoms with Crippen LogP contribution in [-0.4, -0.2) is 70.7 Å². The van der Waals surface area contributed by atoms with Crippen molar-refractivity contribution in [2.75, 3.05) is 20.1 Å². The van der Waals surface area contributed by atoms with E-state index in [4.69, 9.17) is 11.5 Å². The van der Waals surface area contributed by atoms with Gasteiger partial charge in [-0.2, -0.15) is 15.0 Å². The number of hydrogen-bond acceptors (Lipinski definition) is 8. The molecule has 3 aliphatic heterocycles. The van der Waals surface area contributed by atoms with Crippen molar-refractivity contribution in [2.45, 2.75) is 31.6 Å². The standard InChI is InChI=1S/C13H21N9O3/c1-16-12(25)17-11-19-13(15,20-6-2-4-8(20)23)18-10(14)22(11)21-7-3-5-9(21)24/h2-7,15H2,1H3,(H2,14,18)(H2,16,17,19,25). The summed E-state index contributed by atoms with van der Waals surface area (Å²) >= 11 is 0. The van der Waals surface area contributed by atoms with Crippen LogP contribution in [0.1, 0.15) is 25.7 Å². The largest absolute Gasteiger partial charge is 0.368 e. The average Bonchev–Trinajstić information content (AvgIpc) is 3.16. The Balaban J connectivity index is 1.98. The first kappa shape index (κ1) is 17.0. The van der Waals surface area contributed by atoms with Gasteiger partial charge in [0.05, 0.1) is 0 Å². The molecule has 0 aromatic rings. The number of likely N-dealkylation sites (tertiary alicyclic amines) is 1. The first-order valence-electron chi connectivity index (χ1n) is 7.99. The van der Waals surface area contributed by atoms with Crippen molar-refractivity contribution in [2.24, 2.45) is 21.5 Å². The van der Waals surface area contributed by atoms with Crippen molar-refractivity contribution in [3.8, 4) is 0 Å². The van der Waals surface area contributed by atoms with E-state index in [2.05, 4.69) is 20.6 Å². The van der Waals surface area contributed by atoms with E-state index in [1.807, 2.05) is 0 Å². The highest BCUT2D eigenvalue weighted by Gasteiger charge is 2.45. The van der Waals surface area contributed by atoms with Gasteiger partial charge in [0.1, 0.15) is 0 Å². The van der Waals surface area contributed by atoms with Gasteiger partial charge in [-0.3, -0.25) is 25.5 Å². The number of amides is 4. The zero-order valence-corrected chi connectivity index (χ0v) is 13.9. The second-order valence-electron chi connectivity index (χ2n) is 5.88. The van der Waals surface area contributed by atoms with Crippen molar-refractivity contribution >= 4 is 29.8 Å². The van der Waals surface area contributed by atoms with Gasteiger partial charge in [-0.25, -0.2) is 9.80 Å². The number of aliphatic imine (C=N–C) groups is 2. The number of hydrazine groups is 1. The maximum absolute atomic E-state index is 12.1. The zero-order valence-electron chi connectivity index (χ0n) is 13.9. The number of hydrogen-bond donors (Lipinski definition) is 4. The van der Waals surface area contributed by atoms with E-state index in [1.54, 1.807) is 0 Å². The molecule has 3 rings (SSSR count). The maximum Gasteiger partial charge on any atom is 0.321 e. The molecule has 0 saturated carbocycles. The number of carbonyl (C=O) groups excluding carboxylic acids is 3. The van der Waals surface area contributed by atoms with Gasteiger partial charge in [0.25, 0.3) is 5.91 Å². The smallest absolute Gasteiger partial charge is 0.321 e. The summed E-state index contributed by atoms with van der Waals surface area (Å²) in [6, 6.07) is -0.569. The average molecular weight is 351 g/mol. The Morgan fingerprint density at radius 3 is 2.40 bits per heavy atom. The van der Waals surface area contributed by atoms with E-state index < -0.39 is 11.9 Å². The molecule has 6 N–H and O–H groups in total. The molecule has 1 unspecified atom stereocenters. The molecule has 3 heterocycles. The third-order valence-corrected chi connectivity index (χ3v) is 4.18. The summed E-state index contributed by atoms with van der Waals surface area (Å²) in [4.78, 5) is 45.6. The zero-order chi connectivity index (χ0) is 18.2. The van der Waals surface area contributed by atoms with Crippen LogP contribution in [-0.2, 0) is 9.59 Å². The van der Waals surface area contributed by atoms with Gasteiger partial charge in [0.2, 0.25) is 23.7 Å². The third kappa shape index (κ3) is 2.95. The molecule has 0 aliphatic carbocycles. The van der Waals surface area contributed by atoms with Gasteiger partial charge in [-0.1, -0.05) is 0 Å². The minimum Gasteiger partial charge on any atom is -0.368 e. The van der Waals surface area contributed by atoms with Crippen molar-refractivity contribution in [1.82, 2.24) is 25.6 Å². The lowest BCUT2D eigenvalue weighted by Gasteiger charge is -2.40. The van der Waals surface area contributed by atoms with Gasteiger partial charge < -0.3 is 11.1 Å². The lowest BCUT2D eigenvalue weighted by atomic mass is 10.4. The van der Waals surface area contributed by atoms with Crippen molar-refractivity contribution < 1.29 is 14.4 Å². The second kappa shape index (κ2) is 6.20. The third-order valence-electron chi connectivity index (χ3n) is 4.18. The predicted octanol–water partition coefficient (Wildman–Crippen LogP) is -2.37. The Bertz CT molecular complexity index is 676. The number of urea groups is 1. The Labute approximate surface area is 143 Å². The van der Waals surface area contributed by atoms with E-state index in [0.29, 0.717) is 38.8 Å². The molecule has 136 valence electrons. The minimum atomic E-state index is -1.76. The van der Waals surface area contributed by atoms with Gasteiger partial charge in [-0.15, -0.1) is 0 Å². The van der Waals surface area contributed by atoms with E-state index in [1.165, 1.54) is 22.0 Å². The summed E-state index contributed by atoms with van der Waals surface area (Å²) in [6.45, 7) is 0.787. The molecule has 0 radical (unpaired) electrons. The number of nitrogens with one attached hydrogen (secondary N) is 2. The van der Waals surface area contributed by atoms with Crippen LogP contribution in [0.15, 0.2) is 9.98 Å². The topological polar surface area (TPSA) is 162 Å². The van der Waals surface area contributed by atoms with Crippen molar-refractivity contribution in [3.63, 3.8) is 0 Å². The fraction of sp³-hybridized carbons (Fsp3) is 0.615. The van der Waals surface area contributed by atoms with Crippen LogP contribution in [0.2, 0.25) is 0 Å². The molecule has 3 aliphatic rings. The molecule has 0 bridgehead atoms. The molecule has 2 fully saturated rings. The normalized spacial score (nSPS) is 26.7. The Hall–Kier alpha value is -2.89. The number of rotatable bonds is 2. The van der Waals surface area contributed by atoms with Crippen LogP contribution in [0, 0.1) is 0 Å². The Kier molecular flexibility index (Phi) is 4.20. The molecular formula is C13H21N9O3. The van der Waals surface area contributed by atoms with Crippen molar-refractivity contribution in [3.05, 3.63) is 0 Å². The second-order valence-corrected chi connectivity index (χ2v) is 5.88. The van der Waals surface area contributed by atoms with Crippen LogP contribution in [0.3, 0.4) is 0 Å². The Morgan fingerprint density at radius 1 is 1.16 bits per heavy atom. The molecule has 4 amide bonds. The molecule has 1 atom stereocenters. The lowest BCUT2D eigenvalue weighted by molar-refractivity contribution is -0.136. The summed E-state index contributed by atoms with van der Waals surface area (Å²) < 4.78 is 0. The van der Waals surface area contributed by atoms with Crippen LogP contribution < -0.4 is 22.1 Å². The lowest BCUT2D eigenvalue weighted by Crippen LogP contribution is -2.66. The van der Waals surface area contributed by atoms with Gasteiger partial charge >= 0.3 is 6.03 Å². The first-order valence-corrected chi connectivity index (χ1v) is 7.99. The molecular weight excluding hydrogens is 330 g/mol. The van der Waals surface area contributed by atoms with Crippen LogP contribution in [0.5, 0.6) is 0 Å². The Morgan fingerprint density at radius 2 is 1.84 bits per heavy atom. The SMILES string of the molecule is CNC(=O)NC1=NC(N)(N2CCCC2=O)N=C(N)N1N1CCCC1=O. The molecule has 2 saturated heterocycles. The fourth-order valence-electron chi connectivity index (χ4n) is 3.00. The van der Waals surface area contributed by atoms with Crippen molar-refractivity contribution in [1.29, 1.82) is 0 Å². The summed E-state index contributed by atoms with van der Waals surface area (Å²) in [7, 11) is 1.43. The highest BCUT2D eigenvalue weighted by molar-refractivity contribution is 6.07. The maximum atomic E-state index is 12.1.